The maximum Gasteiger partial charge on any atom is 0.331 e. The number of rotatable bonds is 7. The monoisotopic (exact) mass is 421 g/mol. The van der Waals surface area contributed by atoms with Crippen LogP contribution in [0.2, 0.25) is 0 Å². The number of hydrogen-bond acceptors (Lipinski definition) is 7. The first-order chi connectivity index (χ1) is 13.5. The van der Waals surface area contributed by atoms with E-state index in [0.717, 1.165) is 24.1 Å². The number of nitrogens with one attached hydrogen (secondary N) is 2. The van der Waals surface area contributed by atoms with Crippen LogP contribution in [0.15, 0.2) is 22.9 Å². The zero-order valence-corrected chi connectivity index (χ0v) is 17.3. The second-order valence-electron chi connectivity index (χ2n) is 6.81. The SMILES string of the molecule is COC(=O)C1(NC(=O)Cc2csc(NC(=O)Cc3cccs3)n2)CCCCC1. The van der Waals surface area contributed by atoms with E-state index in [1.165, 1.54) is 29.8 Å². The minimum absolute atomic E-state index is 0.0516. The summed E-state index contributed by atoms with van der Waals surface area (Å²) >= 11 is 2.80. The highest BCUT2D eigenvalue weighted by Crippen LogP contribution is 2.29. The van der Waals surface area contributed by atoms with Crippen molar-refractivity contribution in [1.82, 2.24) is 10.3 Å². The summed E-state index contributed by atoms with van der Waals surface area (Å²) < 4.78 is 4.92. The van der Waals surface area contributed by atoms with Gasteiger partial charge in [0.25, 0.3) is 0 Å². The highest BCUT2D eigenvalue weighted by molar-refractivity contribution is 7.14. The van der Waals surface area contributed by atoms with Gasteiger partial charge in [0.05, 0.1) is 25.6 Å². The highest BCUT2D eigenvalue weighted by atomic mass is 32.1. The number of amides is 2. The smallest absolute Gasteiger partial charge is 0.331 e. The third-order valence-corrected chi connectivity index (χ3v) is 6.40. The molecule has 2 aromatic heterocycles. The molecule has 2 amide bonds. The molecular weight excluding hydrogens is 398 g/mol. The van der Waals surface area contributed by atoms with Crippen molar-refractivity contribution in [2.24, 2.45) is 0 Å². The highest BCUT2D eigenvalue weighted by Gasteiger charge is 2.41. The summed E-state index contributed by atoms with van der Waals surface area (Å²) in [4.78, 5) is 42.1. The van der Waals surface area contributed by atoms with Crippen molar-refractivity contribution in [3.63, 3.8) is 0 Å². The fraction of sp³-hybridized carbons (Fsp3) is 0.474. The van der Waals surface area contributed by atoms with Gasteiger partial charge in [0.1, 0.15) is 5.54 Å². The molecule has 7 nitrogen and oxygen atoms in total. The normalized spacial score (nSPS) is 15.6. The number of thiazole rings is 1. The van der Waals surface area contributed by atoms with Gasteiger partial charge in [-0.15, -0.1) is 22.7 Å². The molecule has 0 spiro atoms. The molecule has 1 fully saturated rings. The fourth-order valence-corrected chi connectivity index (χ4v) is 4.82. The molecule has 0 aliphatic heterocycles. The molecule has 2 heterocycles. The molecule has 1 saturated carbocycles. The summed E-state index contributed by atoms with van der Waals surface area (Å²) in [7, 11) is 1.34. The zero-order valence-electron chi connectivity index (χ0n) is 15.7. The maximum absolute atomic E-state index is 12.5. The van der Waals surface area contributed by atoms with Crippen molar-refractivity contribution < 1.29 is 19.1 Å². The van der Waals surface area contributed by atoms with E-state index < -0.39 is 5.54 Å². The lowest BCUT2D eigenvalue weighted by Crippen LogP contribution is -2.56. The third-order valence-electron chi connectivity index (χ3n) is 4.72. The summed E-state index contributed by atoms with van der Waals surface area (Å²) in [6, 6.07) is 3.81. The van der Waals surface area contributed by atoms with Gasteiger partial charge in [0.2, 0.25) is 11.8 Å². The van der Waals surface area contributed by atoms with E-state index in [-0.39, 0.29) is 24.2 Å². The van der Waals surface area contributed by atoms with Crippen LogP contribution in [-0.2, 0) is 32.0 Å². The molecule has 0 radical (unpaired) electrons. The van der Waals surface area contributed by atoms with Crippen LogP contribution >= 0.6 is 22.7 Å². The Morgan fingerprint density at radius 1 is 1.14 bits per heavy atom. The van der Waals surface area contributed by atoms with Crippen LogP contribution < -0.4 is 10.6 Å². The molecule has 0 aromatic carbocycles. The van der Waals surface area contributed by atoms with Crippen LogP contribution in [0.3, 0.4) is 0 Å². The number of carbonyl (C=O) groups excluding carboxylic acids is 3. The molecule has 9 heteroatoms. The Morgan fingerprint density at radius 3 is 2.61 bits per heavy atom. The summed E-state index contributed by atoms with van der Waals surface area (Å²) in [5.74, 6) is -0.797. The van der Waals surface area contributed by atoms with Crippen LogP contribution in [0.1, 0.15) is 42.7 Å². The molecule has 0 saturated heterocycles. The summed E-state index contributed by atoms with van der Waals surface area (Å²) in [5, 5.41) is 9.77. The molecule has 0 atom stereocenters. The second-order valence-corrected chi connectivity index (χ2v) is 8.70. The van der Waals surface area contributed by atoms with Crippen molar-refractivity contribution in [2.75, 3.05) is 12.4 Å². The van der Waals surface area contributed by atoms with Gasteiger partial charge in [-0.2, -0.15) is 0 Å². The molecule has 1 aliphatic carbocycles. The number of thiophene rings is 1. The number of aromatic nitrogens is 1. The van der Waals surface area contributed by atoms with Gasteiger partial charge in [-0.05, 0) is 24.3 Å². The predicted octanol–water partition coefficient (Wildman–Crippen LogP) is 2.92. The Balaban J connectivity index is 1.55. The second kappa shape index (κ2) is 9.29. The van der Waals surface area contributed by atoms with Crippen LogP contribution in [-0.4, -0.2) is 35.4 Å². The average molecular weight is 422 g/mol. The molecule has 3 rings (SSSR count). The lowest BCUT2D eigenvalue weighted by atomic mass is 9.81. The van der Waals surface area contributed by atoms with E-state index in [9.17, 15) is 14.4 Å². The number of carbonyl (C=O) groups is 3. The molecule has 0 bridgehead atoms. The van der Waals surface area contributed by atoms with E-state index in [1.807, 2.05) is 17.5 Å². The molecule has 2 N–H and O–H groups in total. The molecule has 28 heavy (non-hydrogen) atoms. The molecule has 1 aliphatic rings. The summed E-state index contributed by atoms with van der Waals surface area (Å²) in [5.41, 5.74) is -0.373. The Hall–Kier alpha value is -2.26. The minimum atomic E-state index is -0.933. The van der Waals surface area contributed by atoms with Gasteiger partial charge in [0.15, 0.2) is 5.13 Å². The van der Waals surface area contributed by atoms with Gasteiger partial charge in [-0.3, -0.25) is 9.59 Å². The third kappa shape index (κ3) is 5.17. The zero-order chi connectivity index (χ0) is 20.0. The Labute approximate surface area is 171 Å². The lowest BCUT2D eigenvalue weighted by molar-refractivity contribution is -0.152. The number of nitrogens with zero attached hydrogens (tertiary/aromatic N) is 1. The van der Waals surface area contributed by atoms with Crippen LogP contribution in [0.25, 0.3) is 0 Å². The standard InChI is InChI=1S/C19H23N3O4S2/c1-26-17(25)19(7-3-2-4-8-19)22-16(24)10-13-12-28-18(20-13)21-15(23)11-14-6-5-9-27-14/h5-6,9,12H,2-4,7-8,10-11H2,1H3,(H,22,24)(H,20,21,23). The van der Waals surface area contributed by atoms with Gasteiger partial charge in [-0.1, -0.05) is 25.3 Å². The van der Waals surface area contributed by atoms with Crippen molar-refractivity contribution in [1.29, 1.82) is 0 Å². The fourth-order valence-electron chi connectivity index (χ4n) is 3.39. The Kier molecular flexibility index (Phi) is 6.79. The van der Waals surface area contributed by atoms with Crippen LogP contribution in [0.4, 0.5) is 5.13 Å². The maximum atomic E-state index is 12.5. The van der Waals surface area contributed by atoms with Crippen molar-refractivity contribution >= 4 is 45.6 Å². The van der Waals surface area contributed by atoms with Crippen molar-refractivity contribution in [3.05, 3.63) is 33.5 Å². The quantitative estimate of drug-likeness (QED) is 0.670. The van der Waals surface area contributed by atoms with Gasteiger partial charge in [-0.25, -0.2) is 9.78 Å². The summed E-state index contributed by atoms with van der Waals surface area (Å²) in [6.45, 7) is 0. The number of ether oxygens (including phenoxy) is 1. The summed E-state index contributed by atoms with van der Waals surface area (Å²) in [6.07, 6.45) is 4.35. The first-order valence-electron chi connectivity index (χ1n) is 9.17. The topological polar surface area (TPSA) is 97.4 Å². The Bertz CT molecular complexity index is 826. The lowest BCUT2D eigenvalue weighted by Gasteiger charge is -2.35. The van der Waals surface area contributed by atoms with Crippen LogP contribution in [0, 0.1) is 0 Å². The van der Waals surface area contributed by atoms with E-state index in [4.69, 9.17) is 4.74 Å². The molecular formula is C19H23N3O4S2. The van der Waals surface area contributed by atoms with Gasteiger partial charge >= 0.3 is 5.97 Å². The van der Waals surface area contributed by atoms with Crippen LogP contribution in [0.5, 0.6) is 0 Å². The predicted molar refractivity (Wildman–Crippen MR) is 108 cm³/mol. The first kappa shape index (κ1) is 20.5. The molecule has 0 unspecified atom stereocenters. The van der Waals surface area contributed by atoms with Crippen molar-refractivity contribution in [3.8, 4) is 0 Å². The number of esters is 1. The van der Waals surface area contributed by atoms with Gasteiger partial charge in [0, 0.05) is 10.3 Å². The minimum Gasteiger partial charge on any atom is -0.467 e. The van der Waals surface area contributed by atoms with Crippen molar-refractivity contribution in [2.45, 2.75) is 50.5 Å². The van der Waals surface area contributed by atoms with E-state index in [1.54, 1.807) is 5.38 Å². The number of methoxy groups -OCH3 is 1. The first-order valence-corrected chi connectivity index (χ1v) is 10.9. The van der Waals surface area contributed by atoms with E-state index >= 15 is 0 Å². The average Bonchev–Trinajstić information content (AvgIpc) is 3.33. The number of anilines is 1. The van der Waals surface area contributed by atoms with E-state index in [2.05, 4.69) is 15.6 Å². The number of hydrogen-bond donors (Lipinski definition) is 2. The Morgan fingerprint density at radius 2 is 1.93 bits per heavy atom. The van der Waals surface area contributed by atoms with Gasteiger partial charge < -0.3 is 15.4 Å². The molecule has 2 aromatic rings. The molecule has 150 valence electrons. The largest absolute Gasteiger partial charge is 0.467 e. The van der Waals surface area contributed by atoms with E-state index in [0.29, 0.717) is 30.1 Å².